The molecular formula is C10H12N6O. The summed E-state index contributed by atoms with van der Waals surface area (Å²) in [6.07, 6.45) is 6.00. The average molecular weight is 232 g/mol. The average Bonchev–Trinajstić information content (AvgIpc) is 2.68. The highest BCUT2D eigenvalue weighted by Gasteiger charge is 2.09. The molecule has 0 atom stereocenters. The fraction of sp³-hybridized carbons (Fsp3) is 0.200. The molecule has 0 aliphatic rings. The molecule has 0 bridgehead atoms. The van der Waals surface area contributed by atoms with E-state index in [9.17, 15) is 4.79 Å². The van der Waals surface area contributed by atoms with Crippen molar-refractivity contribution in [2.24, 2.45) is 7.05 Å². The van der Waals surface area contributed by atoms with Crippen LogP contribution in [0.2, 0.25) is 0 Å². The number of aryl methyl sites for hydroxylation is 1. The lowest BCUT2D eigenvalue weighted by Gasteiger charge is -2.03. The van der Waals surface area contributed by atoms with Crippen molar-refractivity contribution in [2.45, 2.75) is 6.54 Å². The molecule has 2 aromatic rings. The molecule has 0 spiro atoms. The van der Waals surface area contributed by atoms with Crippen LogP contribution in [0.4, 0.5) is 5.82 Å². The Morgan fingerprint density at radius 2 is 2.29 bits per heavy atom. The highest BCUT2D eigenvalue weighted by molar-refractivity contribution is 5.91. The smallest absolute Gasteiger partial charge is 0.271 e. The van der Waals surface area contributed by atoms with Crippen LogP contribution in [0.25, 0.3) is 0 Å². The van der Waals surface area contributed by atoms with E-state index in [1.807, 2.05) is 0 Å². The van der Waals surface area contributed by atoms with Crippen LogP contribution < -0.4 is 11.1 Å². The van der Waals surface area contributed by atoms with Gasteiger partial charge in [-0.3, -0.25) is 14.5 Å². The molecule has 1 amide bonds. The fourth-order valence-electron chi connectivity index (χ4n) is 1.31. The molecule has 2 heterocycles. The maximum atomic E-state index is 11.7. The fourth-order valence-corrected chi connectivity index (χ4v) is 1.31. The van der Waals surface area contributed by atoms with Crippen LogP contribution in [0, 0.1) is 0 Å². The molecule has 0 aliphatic heterocycles. The topological polar surface area (TPSA) is 98.7 Å². The maximum Gasteiger partial charge on any atom is 0.271 e. The molecule has 0 aromatic carbocycles. The summed E-state index contributed by atoms with van der Waals surface area (Å²) in [7, 11) is 1.74. The van der Waals surface area contributed by atoms with Crippen molar-refractivity contribution in [2.75, 3.05) is 5.73 Å². The van der Waals surface area contributed by atoms with Gasteiger partial charge in [-0.05, 0) is 0 Å². The van der Waals surface area contributed by atoms with Crippen LogP contribution in [-0.2, 0) is 13.6 Å². The minimum absolute atomic E-state index is 0.273. The summed E-state index contributed by atoms with van der Waals surface area (Å²) in [6, 6.07) is 0. The number of anilines is 1. The zero-order valence-electron chi connectivity index (χ0n) is 9.29. The molecule has 17 heavy (non-hydrogen) atoms. The van der Waals surface area contributed by atoms with Crippen molar-refractivity contribution >= 4 is 11.7 Å². The van der Waals surface area contributed by atoms with Gasteiger partial charge in [-0.15, -0.1) is 0 Å². The Morgan fingerprint density at radius 3 is 2.88 bits per heavy atom. The van der Waals surface area contributed by atoms with E-state index in [2.05, 4.69) is 20.4 Å². The normalized spacial score (nSPS) is 10.2. The molecule has 0 unspecified atom stereocenters. The number of aromatic nitrogens is 4. The number of nitrogen functional groups attached to an aromatic ring is 1. The van der Waals surface area contributed by atoms with Gasteiger partial charge in [-0.25, -0.2) is 4.98 Å². The number of carbonyl (C=O) groups is 1. The Bertz CT molecular complexity index is 521. The Morgan fingerprint density at radius 1 is 1.47 bits per heavy atom. The number of nitrogens with one attached hydrogen (secondary N) is 1. The third kappa shape index (κ3) is 2.39. The van der Waals surface area contributed by atoms with E-state index in [4.69, 9.17) is 5.73 Å². The van der Waals surface area contributed by atoms with Crippen molar-refractivity contribution in [3.63, 3.8) is 0 Å². The van der Waals surface area contributed by atoms with E-state index in [1.54, 1.807) is 17.9 Å². The molecule has 0 radical (unpaired) electrons. The summed E-state index contributed by atoms with van der Waals surface area (Å²) in [6.45, 7) is 0.315. The monoisotopic (exact) mass is 232 g/mol. The summed E-state index contributed by atoms with van der Waals surface area (Å²) >= 11 is 0. The van der Waals surface area contributed by atoms with E-state index in [1.165, 1.54) is 18.6 Å². The lowest BCUT2D eigenvalue weighted by molar-refractivity contribution is 0.0945. The predicted molar refractivity (Wildman–Crippen MR) is 60.8 cm³/mol. The number of nitrogens with zero attached hydrogens (tertiary/aromatic N) is 4. The second-order valence-corrected chi connectivity index (χ2v) is 3.45. The minimum atomic E-state index is -0.290. The lowest BCUT2D eigenvalue weighted by Crippen LogP contribution is -2.24. The predicted octanol–water partition coefficient (Wildman–Crippen LogP) is -0.278. The van der Waals surface area contributed by atoms with Gasteiger partial charge in [0.1, 0.15) is 11.5 Å². The van der Waals surface area contributed by atoms with Gasteiger partial charge >= 0.3 is 0 Å². The Hall–Kier alpha value is -2.44. The van der Waals surface area contributed by atoms with E-state index in [-0.39, 0.29) is 11.6 Å². The first-order valence-corrected chi connectivity index (χ1v) is 4.99. The second kappa shape index (κ2) is 4.60. The number of nitrogens with two attached hydrogens (primary N) is 1. The van der Waals surface area contributed by atoms with Crippen LogP contribution in [0.5, 0.6) is 0 Å². The molecule has 2 rings (SSSR count). The molecule has 2 aromatic heterocycles. The van der Waals surface area contributed by atoms with Gasteiger partial charge in [0.25, 0.3) is 5.91 Å². The zero-order valence-corrected chi connectivity index (χ0v) is 9.29. The molecule has 7 nitrogen and oxygen atoms in total. The van der Waals surface area contributed by atoms with E-state index >= 15 is 0 Å². The van der Waals surface area contributed by atoms with Crippen molar-refractivity contribution in [1.29, 1.82) is 0 Å². The number of hydrogen-bond donors (Lipinski definition) is 2. The Labute approximate surface area is 97.7 Å². The third-order valence-electron chi connectivity index (χ3n) is 2.30. The van der Waals surface area contributed by atoms with Gasteiger partial charge in [0.05, 0.1) is 12.4 Å². The summed E-state index contributed by atoms with van der Waals surface area (Å²) in [5.41, 5.74) is 6.79. The molecule has 0 saturated heterocycles. The van der Waals surface area contributed by atoms with Gasteiger partial charge in [-0.1, -0.05) is 0 Å². The van der Waals surface area contributed by atoms with Gasteiger partial charge in [-0.2, -0.15) is 5.10 Å². The molecular weight excluding hydrogens is 220 g/mol. The first kappa shape index (κ1) is 11.1. The summed E-state index contributed by atoms with van der Waals surface area (Å²) in [5.74, 6) is 0.241. The van der Waals surface area contributed by atoms with Crippen molar-refractivity contribution in [3.8, 4) is 0 Å². The number of rotatable bonds is 3. The van der Waals surface area contributed by atoms with Gasteiger partial charge in [0, 0.05) is 31.5 Å². The molecule has 7 heteroatoms. The quantitative estimate of drug-likeness (QED) is 0.758. The SMILES string of the molecule is Cn1ncc(CNC(=O)c2cnccn2)c1N. The summed E-state index contributed by atoms with van der Waals surface area (Å²) < 4.78 is 1.55. The second-order valence-electron chi connectivity index (χ2n) is 3.45. The van der Waals surface area contributed by atoms with E-state index in [0.29, 0.717) is 12.4 Å². The standard InChI is InChI=1S/C10H12N6O/c1-16-9(11)7(5-15-16)4-14-10(17)8-6-12-2-3-13-8/h2-3,5-6H,4,11H2,1H3,(H,14,17). The molecule has 88 valence electrons. The molecule has 3 N–H and O–H groups in total. The Kier molecular flexibility index (Phi) is 2.99. The number of carbonyl (C=O) groups excluding carboxylic acids is 1. The van der Waals surface area contributed by atoms with Crippen molar-refractivity contribution in [3.05, 3.63) is 36.0 Å². The van der Waals surface area contributed by atoms with Gasteiger partial charge in [0.2, 0.25) is 0 Å². The van der Waals surface area contributed by atoms with E-state index in [0.717, 1.165) is 5.56 Å². The van der Waals surface area contributed by atoms with Crippen molar-refractivity contribution in [1.82, 2.24) is 25.1 Å². The van der Waals surface area contributed by atoms with Gasteiger partial charge in [0.15, 0.2) is 0 Å². The van der Waals surface area contributed by atoms with Crippen LogP contribution in [0.3, 0.4) is 0 Å². The minimum Gasteiger partial charge on any atom is -0.384 e. The summed E-state index contributed by atoms with van der Waals surface area (Å²) in [4.78, 5) is 19.4. The lowest BCUT2D eigenvalue weighted by atomic mass is 10.3. The van der Waals surface area contributed by atoms with Crippen LogP contribution in [0.15, 0.2) is 24.8 Å². The molecule has 0 aliphatic carbocycles. The van der Waals surface area contributed by atoms with Crippen LogP contribution >= 0.6 is 0 Å². The molecule has 0 fully saturated rings. The zero-order chi connectivity index (χ0) is 12.3. The van der Waals surface area contributed by atoms with Crippen molar-refractivity contribution < 1.29 is 4.79 Å². The largest absolute Gasteiger partial charge is 0.384 e. The highest BCUT2D eigenvalue weighted by Crippen LogP contribution is 2.08. The Balaban J connectivity index is 2.00. The maximum absolute atomic E-state index is 11.7. The van der Waals surface area contributed by atoms with Gasteiger partial charge < -0.3 is 11.1 Å². The number of hydrogen-bond acceptors (Lipinski definition) is 5. The highest BCUT2D eigenvalue weighted by atomic mass is 16.1. The summed E-state index contributed by atoms with van der Waals surface area (Å²) in [5, 5.41) is 6.67. The van der Waals surface area contributed by atoms with E-state index < -0.39 is 0 Å². The van der Waals surface area contributed by atoms with Crippen LogP contribution in [-0.4, -0.2) is 25.7 Å². The third-order valence-corrected chi connectivity index (χ3v) is 2.30. The molecule has 0 saturated carbocycles. The first-order chi connectivity index (χ1) is 8.18. The van der Waals surface area contributed by atoms with Crippen LogP contribution in [0.1, 0.15) is 16.1 Å². The number of amides is 1. The first-order valence-electron chi connectivity index (χ1n) is 4.99.